The molecule has 0 bridgehead atoms. The Morgan fingerprint density at radius 3 is 2.39 bits per heavy atom. The maximum atomic E-state index is 12.1. The maximum absolute atomic E-state index is 12.1. The molecule has 0 saturated carbocycles. The summed E-state index contributed by atoms with van der Waals surface area (Å²) in [5, 5.41) is 5.52. The van der Waals surface area contributed by atoms with E-state index in [4.69, 9.17) is 0 Å². The van der Waals surface area contributed by atoms with Crippen molar-refractivity contribution in [1.29, 1.82) is 0 Å². The third kappa shape index (κ3) is 4.93. The molecule has 1 atom stereocenters. The van der Waals surface area contributed by atoms with Gasteiger partial charge in [0.15, 0.2) is 0 Å². The zero-order chi connectivity index (χ0) is 16.8. The van der Waals surface area contributed by atoms with Crippen molar-refractivity contribution in [2.24, 2.45) is 0 Å². The van der Waals surface area contributed by atoms with Crippen molar-refractivity contribution in [2.45, 2.75) is 19.9 Å². The number of aryl methyl sites for hydroxylation is 1. The molecule has 2 rings (SSSR count). The van der Waals surface area contributed by atoms with Crippen LogP contribution in [0, 0.1) is 6.92 Å². The van der Waals surface area contributed by atoms with Crippen LogP contribution in [0.5, 0.6) is 0 Å². The summed E-state index contributed by atoms with van der Waals surface area (Å²) in [4.78, 5) is 24.0. The number of amides is 2. The summed E-state index contributed by atoms with van der Waals surface area (Å²) in [6.07, 6.45) is 0. The number of halogens is 1. The highest BCUT2D eigenvalue weighted by Gasteiger charge is 2.12. The van der Waals surface area contributed by atoms with E-state index in [9.17, 15) is 9.59 Å². The highest BCUT2D eigenvalue weighted by atomic mass is 79.9. The van der Waals surface area contributed by atoms with Crippen LogP contribution in [0.3, 0.4) is 0 Å². The van der Waals surface area contributed by atoms with Gasteiger partial charge in [-0.15, -0.1) is 0 Å². The number of carbonyl (C=O) groups is 2. The van der Waals surface area contributed by atoms with Crippen LogP contribution in [0.2, 0.25) is 0 Å². The molecule has 2 aromatic carbocycles. The number of rotatable bonds is 5. The topological polar surface area (TPSA) is 58.2 Å². The van der Waals surface area contributed by atoms with Crippen LogP contribution in [0.15, 0.2) is 53.0 Å². The second kappa shape index (κ2) is 7.92. The lowest BCUT2D eigenvalue weighted by Crippen LogP contribution is -2.38. The molecule has 0 aliphatic carbocycles. The van der Waals surface area contributed by atoms with Crippen molar-refractivity contribution in [3.8, 4) is 0 Å². The van der Waals surface area contributed by atoms with Gasteiger partial charge in [0.1, 0.15) is 0 Å². The van der Waals surface area contributed by atoms with E-state index in [-0.39, 0.29) is 24.4 Å². The Morgan fingerprint density at radius 2 is 1.74 bits per heavy atom. The number of hydrogen-bond acceptors (Lipinski definition) is 2. The Hall–Kier alpha value is -2.14. The smallest absolute Gasteiger partial charge is 0.251 e. The highest BCUT2D eigenvalue weighted by molar-refractivity contribution is 9.10. The highest BCUT2D eigenvalue weighted by Crippen LogP contribution is 2.16. The predicted molar refractivity (Wildman–Crippen MR) is 94.2 cm³/mol. The fourth-order valence-corrected chi connectivity index (χ4v) is 2.48. The molecule has 2 amide bonds. The van der Waals surface area contributed by atoms with Gasteiger partial charge >= 0.3 is 0 Å². The van der Waals surface area contributed by atoms with Gasteiger partial charge in [0.25, 0.3) is 5.91 Å². The van der Waals surface area contributed by atoms with Crippen LogP contribution in [-0.2, 0) is 4.79 Å². The Balaban J connectivity index is 1.86. The van der Waals surface area contributed by atoms with Crippen LogP contribution in [0.1, 0.15) is 34.5 Å². The van der Waals surface area contributed by atoms with Crippen LogP contribution >= 0.6 is 15.9 Å². The number of nitrogens with one attached hydrogen (secondary N) is 2. The van der Waals surface area contributed by atoms with E-state index >= 15 is 0 Å². The number of benzene rings is 2. The van der Waals surface area contributed by atoms with Crippen LogP contribution in [-0.4, -0.2) is 18.4 Å². The second-order valence-corrected chi connectivity index (χ2v) is 6.25. The molecule has 0 spiro atoms. The normalized spacial score (nSPS) is 11.6. The first kappa shape index (κ1) is 17.2. The molecule has 2 N–H and O–H groups in total. The van der Waals surface area contributed by atoms with Gasteiger partial charge < -0.3 is 10.6 Å². The predicted octanol–water partition coefficient (Wildman–Crippen LogP) is 3.36. The summed E-state index contributed by atoms with van der Waals surface area (Å²) in [7, 11) is 0. The Kier molecular flexibility index (Phi) is 5.93. The van der Waals surface area contributed by atoms with Crippen LogP contribution in [0.25, 0.3) is 0 Å². The summed E-state index contributed by atoms with van der Waals surface area (Å²) in [5.74, 6) is -0.461. The quantitative estimate of drug-likeness (QED) is 0.842. The molecule has 0 aromatic heterocycles. The lowest BCUT2D eigenvalue weighted by atomic mass is 10.1. The van der Waals surface area contributed by atoms with E-state index in [1.54, 1.807) is 12.1 Å². The summed E-state index contributed by atoms with van der Waals surface area (Å²) < 4.78 is 0.991. The summed E-state index contributed by atoms with van der Waals surface area (Å²) in [5.41, 5.74) is 2.47. The minimum Gasteiger partial charge on any atom is -0.348 e. The summed E-state index contributed by atoms with van der Waals surface area (Å²) in [6.45, 7) is 3.73. The van der Waals surface area contributed by atoms with Gasteiger partial charge in [-0.1, -0.05) is 46.3 Å². The molecule has 0 radical (unpaired) electrons. The Bertz CT molecular complexity index is 698. The van der Waals surface area contributed by atoms with Crippen LogP contribution in [0.4, 0.5) is 0 Å². The Labute approximate surface area is 144 Å². The van der Waals surface area contributed by atoms with Crippen LogP contribution < -0.4 is 10.6 Å². The lowest BCUT2D eigenvalue weighted by molar-refractivity contribution is -0.120. The average molecular weight is 375 g/mol. The summed E-state index contributed by atoms with van der Waals surface area (Å²) in [6, 6.07) is 14.9. The van der Waals surface area contributed by atoms with Gasteiger partial charge in [0.2, 0.25) is 5.91 Å². The van der Waals surface area contributed by atoms with E-state index in [2.05, 4.69) is 26.6 Å². The van der Waals surface area contributed by atoms with Gasteiger partial charge in [-0.3, -0.25) is 9.59 Å². The molecule has 4 nitrogen and oxygen atoms in total. The van der Waals surface area contributed by atoms with Crippen molar-refractivity contribution in [3.05, 3.63) is 69.7 Å². The first-order chi connectivity index (χ1) is 11.0. The van der Waals surface area contributed by atoms with Crippen molar-refractivity contribution in [3.63, 3.8) is 0 Å². The molecule has 0 aliphatic heterocycles. The third-order valence-corrected chi connectivity index (χ3v) is 4.08. The molecule has 0 fully saturated rings. The van der Waals surface area contributed by atoms with Gasteiger partial charge in [-0.25, -0.2) is 0 Å². The molecular formula is C18H19BrN2O2. The van der Waals surface area contributed by atoms with Crippen molar-refractivity contribution < 1.29 is 9.59 Å². The van der Waals surface area contributed by atoms with Gasteiger partial charge in [-0.05, 0) is 43.2 Å². The first-order valence-electron chi connectivity index (χ1n) is 7.36. The fourth-order valence-electron chi connectivity index (χ4n) is 2.21. The molecule has 2 aromatic rings. The number of carbonyl (C=O) groups excluding carboxylic acids is 2. The Morgan fingerprint density at radius 1 is 1.09 bits per heavy atom. The molecule has 23 heavy (non-hydrogen) atoms. The molecule has 0 saturated heterocycles. The molecular weight excluding hydrogens is 356 g/mol. The molecule has 1 unspecified atom stereocenters. The zero-order valence-corrected chi connectivity index (χ0v) is 14.7. The molecule has 5 heteroatoms. The SMILES string of the molecule is Cc1ccccc1C(=O)NCC(=O)NC(C)c1ccc(Br)cc1. The second-order valence-electron chi connectivity index (χ2n) is 5.34. The van der Waals surface area contributed by atoms with Crippen molar-refractivity contribution >= 4 is 27.7 Å². The van der Waals surface area contributed by atoms with E-state index in [0.717, 1.165) is 15.6 Å². The van der Waals surface area contributed by atoms with Crippen molar-refractivity contribution in [1.82, 2.24) is 10.6 Å². The zero-order valence-electron chi connectivity index (χ0n) is 13.1. The van der Waals surface area contributed by atoms with Crippen molar-refractivity contribution in [2.75, 3.05) is 6.54 Å². The van der Waals surface area contributed by atoms with Gasteiger partial charge in [0.05, 0.1) is 12.6 Å². The minimum absolute atomic E-state index is 0.0476. The largest absolute Gasteiger partial charge is 0.348 e. The lowest BCUT2D eigenvalue weighted by Gasteiger charge is -2.15. The third-order valence-electron chi connectivity index (χ3n) is 3.55. The minimum atomic E-state index is -0.241. The van der Waals surface area contributed by atoms with Gasteiger partial charge in [-0.2, -0.15) is 0 Å². The molecule has 0 aliphatic rings. The molecule has 120 valence electrons. The van der Waals surface area contributed by atoms with E-state index in [1.165, 1.54) is 0 Å². The van der Waals surface area contributed by atoms with E-state index < -0.39 is 0 Å². The summed E-state index contributed by atoms with van der Waals surface area (Å²) >= 11 is 3.38. The maximum Gasteiger partial charge on any atom is 0.251 e. The molecule has 0 heterocycles. The van der Waals surface area contributed by atoms with E-state index in [0.29, 0.717) is 5.56 Å². The van der Waals surface area contributed by atoms with E-state index in [1.807, 2.05) is 50.2 Å². The average Bonchev–Trinajstić information content (AvgIpc) is 2.53. The monoisotopic (exact) mass is 374 g/mol. The first-order valence-corrected chi connectivity index (χ1v) is 8.15. The fraction of sp³-hybridized carbons (Fsp3) is 0.222. The van der Waals surface area contributed by atoms with Gasteiger partial charge in [0, 0.05) is 10.0 Å². The number of hydrogen-bond donors (Lipinski definition) is 2. The standard InChI is InChI=1S/C18H19BrN2O2/c1-12-5-3-4-6-16(12)18(23)20-11-17(22)21-13(2)14-7-9-15(19)10-8-14/h3-10,13H,11H2,1-2H3,(H,20,23)(H,21,22).